The Balaban J connectivity index is 1.43. The number of rotatable bonds is 4. The van der Waals surface area contributed by atoms with E-state index in [1.807, 2.05) is 18.2 Å². The predicted octanol–water partition coefficient (Wildman–Crippen LogP) is 1.65. The van der Waals surface area contributed by atoms with E-state index in [2.05, 4.69) is 30.5 Å². The quantitative estimate of drug-likeness (QED) is 0.766. The molecule has 1 N–H and O–H groups in total. The zero-order chi connectivity index (χ0) is 19.0. The lowest BCUT2D eigenvalue weighted by molar-refractivity contribution is -0.142. The van der Waals surface area contributed by atoms with E-state index >= 15 is 0 Å². The fourth-order valence-corrected chi connectivity index (χ4v) is 4.29. The SMILES string of the molecule is CC1=CC(COC2C=CC=C3C(=O)N(C4CCC(=O)NC4=O)CC32)CC=C1. The van der Waals surface area contributed by atoms with Crippen molar-refractivity contribution in [3.8, 4) is 0 Å². The van der Waals surface area contributed by atoms with Gasteiger partial charge in [-0.2, -0.15) is 0 Å². The molecule has 0 bridgehead atoms. The Labute approximate surface area is 158 Å². The first-order chi connectivity index (χ1) is 13.0. The molecule has 0 aromatic rings. The van der Waals surface area contributed by atoms with Crippen LogP contribution in [0.25, 0.3) is 0 Å². The minimum absolute atomic E-state index is 0.0721. The van der Waals surface area contributed by atoms with Crippen molar-refractivity contribution in [1.82, 2.24) is 10.2 Å². The van der Waals surface area contributed by atoms with Crippen molar-refractivity contribution >= 4 is 17.7 Å². The van der Waals surface area contributed by atoms with Crippen LogP contribution >= 0.6 is 0 Å². The molecule has 2 heterocycles. The van der Waals surface area contributed by atoms with E-state index in [1.54, 1.807) is 4.90 Å². The molecule has 3 amide bonds. The number of fused-ring (bicyclic) bond motifs is 1. The maximum Gasteiger partial charge on any atom is 0.250 e. The van der Waals surface area contributed by atoms with Gasteiger partial charge in [0.05, 0.1) is 12.7 Å². The first-order valence-corrected chi connectivity index (χ1v) is 9.52. The highest BCUT2D eigenvalue weighted by Gasteiger charge is 2.45. The van der Waals surface area contributed by atoms with Gasteiger partial charge in [-0.3, -0.25) is 19.7 Å². The summed E-state index contributed by atoms with van der Waals surface area (Å²) in [6, 6.07) is -0.573. The summed E-state index contributed by atoms with van der Waals surface area (Å²) in [6.07, 6.45) is 13.6. The summed E-state index contributed by atoms with van der Waals surface area (Å²) in [4.78, 5) is 38.0. The molecule has 2 aliphatic carbocycles. The highest BCUT2D eigenvalue weighted by molar-refractivity contribution is 6.04. The van der Waals surface area contributed by atoms with Crippen LogP contribution in [0, 0.1) is 11.8 Å². The second-order valence-corrected chi connectivity index (χ2v) is 7.64. The van der Waals surface area contributed by atoms with Crippen molar-refractivity contribution in [3.63, 3.8) is 0 Å². The Morgan fingerprint density at radius 3 is 2.93 bits per heavy atom. The van der Waals surface area contributed by atoms with Gasteiger partial charge in [0.2, 0.25) is 11.8 Å². The van der Waals surface area contributed by atoms with E-state index in [0.29, 0.717) is 31.1 Å². The van der Waals surface area contributed by atoms with Gasteiger partial charge in [0.1, 0.15) is 6.04 Å². The van der Waals surface area contributed by atoms with Gasteiger partial charge < -0.3 is 9.64 Å². The number of likely N-dealkylation sites (tertiary alicyclic amines) is 1. The number of nitrogens with one attached hydrogen (secondary N) is 1. The second-order valence-electron chi connectivity index (χ2n) is 7.64. The maximum atomic E-state index is 12.8. The molecule has 4 unspecified atom stereocenters. The van der Waals surface area contributed by atoms with Crippen LogP contribution in [0.4, 0.5) is 0 Å². The number of hydrogen-bond acceptors (Lipinski definition) is 4. The molecule has 27 heavy (non-hydrogen) atoms. The third-order valence-corrected chi connectivity index (χ3v) is 5.68. The van der Waals surface area contributed by atoms with Gasteiger partial charge in [-0.15, -0.1) is 0 Å². The van der Waals surface area contributed by atoms with Gasteiger partial charge in [0.15, 0.2) is 0 Å². The molecule has 0 aromatic carbocycles. The zero-order valence-corrected chi connectivity index (χ0v) is 15.4. The minimum atomic E-state index is -0.573. The van der Waals surface area contributed by atoms with Crippen molar-refractivity contribution in [3.05, 3.63) is 47.6 Å². The van der Waals surface area contributed by atoms with E-state index in [9.17, 15) is 14.4 Å². The molecule has 6 heteroatoms. The number of amides is 3. The number of piperidine rings is 1. The summed E-state index contributed by atoms with van der Waals surface area (Å²) >= 11 is 0. The fourth-order valence-electron chi connectivity index (χ4n) is 4.29. The zero-order valence-electron chi connectivity index (χ0n) is 15.4. The number of imide groups is 1. The fraction of sp³-hybridized carbons (Fsp3) is 0.476. The summed E-state index contributed by atoms with van der Waals surface area (Å²) in [5.74, 6) is -0.492. The number of hydrogen-bond donors (Lipinski definition) is 1. The van der Waals surface area contributed by atoms with Crippen LogP contribution in [0.3, 0.4) is 0 Å². The summed E-state index contributed by atoms with van der Waals surface area (Å²) < 4.78 is 6.17. The summed E-state index contributed by atoms with van der Waals surface area (Å²) in [7, 11) is 0. The molecular weight excluding hydrogens is 344 g/mol. The van der Waals surface area contributed by atoms with Crippen molar-refractivity contribution in [1.29, 1.82) is 0 Å². The molecule has 0 aromatic heterocycles. The third kappa shape index (κ3) is 3.54. The van der Waals surface area contributed by atoms with Crippen LogP contribution in [0.5, 0.6) is 0 Å². The summed E-state index contributed by atoms with van der Waals surface area (Å²) in [6.45, 7) is 3.13. The van der Waals surface area contributed by atoms with Gasteiger partial charge in [-0.25, -0.2) is 0 Å². The Kier molecular flexibility index (Phi) is 4.83. The van der Waals surface area contributed by atoms with Crippen molar-refractivity contribution in [2.45, 2.75) is 38.3 Å². The van der Waals surface area contributed by atoms with Crippen molar-refractivity contribution < 1.29 is 19.1 Å². The van der Waals surface area contributed by atoms with E-state index in [0.717, 1.165) is 6.42 Å². The molecule has 2 saturated heterocycles. The molecule has 0 radical (unpaired) electrons. The van der Waals surface area contributed by atoms with Crippen LogP contribution in [-0.4, -0.2) is 47.9 Å². The van der Waals surface area contributed by atoms with E-state index in [1.165, 1.54) is 5.57 Å². The Morgan fingerprint density at radius 2 is 2.15 bits per heavy atom. The van der Waals surface area contributed by atoms with Gasteiger partial charge >= 0.3 is 0 Å². The lowest BCUT2D eigenvalue weighted by Gasteiger charge is -2.30. The largest absolute Gasteiger partial charge is 0.373 e. The highest BCUT2D eigenvalue weighted by Crippen LogP contribution is 2.35. The number of carbonyl (C=O) groups excluding carboxylic acids is 3. The number of carbonyl (C=O) groups is 3. The molecule has 4 rings (SSSR count). The summed E-state index contributed by atoms with van der Waals surface area (Å²) in [5.41, 5.74) is 1.94. The van der Waals surface area contributed by atoms with Crippen LogP contribution in [0.15, 0.2) is 47.6 Å². The number of ether oxygens (including phenoxy) is 1. The highest BCUT2D eigenvalue weighted by atomic mass is 16.5. The molecule has 6 nitrogen and oxygen atoms in total. The van der Waals surface area contributed by atoms with Gasteiger partial charge in [-0.1, -0.05) is 42.0 Å². The Hall–Kier alpha value is -2.47. The first-order valence-electron chi connectivity index (χ1n) is 9.52. The molecule has 0 saturated carbocycles. The topological polar surface area (TPSA) is 75.7 Å². The molecule has 2 aliphatic heterocycles. The minimum Gasteiger partial charge on any atom is -0.373 e. The van der Waals surface area contributed by atoms with Crippen LogP contribution in [-0.2, 0) is 19.1 Å². The number of nitrogens with zero attached hydrogens (tertiary/aromatic N) is 1. The van der Waals surface area contributed by atoms with Crippen molar-refractivity contribution in [2.24, 2.45) is 11.8 Å². The Bertz CT molecular complexity index is 792. The third-order valence-electron chi connectivity index (χ3n) is 5.68. The first kappa shape index (κ1) is 17.9. The van der Waals surface area contributed by atoms with E-state index < -0.39 is 6.04 Å². The lowest BCUT2D eigenvalue weighted by atomic mass is 9.91. The van der Waals surface area contributed by atoms with Crippen LogP contribution in [0.2, 0.25) is 0 Å². The smallest absolute Gasteiger partial charge is 0.250 e. The maximum absolute atomic E-state index is 12.8. The molecular formula is C21H24N2O4. The van der Waals surface area contributed by atoms with Crippen LogP contribution < -0.4 is 5.32 Å². The predicted molar refractivity (Wildman–Crippen MR) is 99.3 cm³/mol. The van der Waals surface area contributed by atoms with Crippen LogP contribution in [0.1, 0.15) is 26.2 Å². The molecule has 4 aliphatic rings. The average Bonchev–Trinajstić information content (AvgIpc) is 2.97. The Morgan fingerprint density at radius 1 is 1.30 bits per heavy atom. The molecule has 0 spiro atoms. The molecule has 4 atom stereocenters. The standard InChI is InChI=1S/C21H24N2O4/c1-13-4-2-5-14(10-13)12-27-18-7-3-6-15-16(18)11-23(21(15)26)17-8-9-19(24)22-20(17)25/h2-4,6-7,10,14,16-18H,5,8-9,11-12H2,1H3,(H,22,24,25). The van der Waals surface area contributed by atoms with Gasteiger partial charge in [0, 0.05) is 30.4 Å². The monoisotopic (exact) mass is 368 g/mol. The normalized spacial score (nSPS) is 32.9. The van der Waals surface area contributed by atoms with E-state index in [-0.39, 0.29) is 36.2 Å². The van der Waals surface area contributed by atoms with Gasteiger partial charge in [0.25, 0.3) is 5.91 Å². The summed E-state index contributed by atoms with van der Waals surface area (Å²) in [5, 5.41) is 2.34. The lowest BCUT2D eigenvalue weighted by Crippen LogP contribution is -2.53. The van der Waals surface area contributed by atoms with E-state index in [4.69, 9.17) is 4.74 Å². The molecule has 142 valence electrons. The number of allylic oxidation sites excluding steroid dienone is 5. The second kappa shape index (κ2) is 7.27. The molecule has 2 fully saturated rings. The van der Waals surface area contributed by atoms with Crippen molar-refractivity contribution in [2.75, 3.05) is 13.2 Å². The van der Waals surface area contributed by atoms with Gasteiger partial charge in [-0.05, 0) is 19.8 Å². The average molecular weight is 368 g/mol.